The Morgan fingerprint density at radius 3 is 2.61 bits per heavy atom. The number of aromatic nitrogens is 3. The van der Waals surface area contributed by atoms with Crippen LogP contribution in [0.4, 0.5) is 13.2 Å². The summed E-state index contributed by atoms with van der Waals surface area (Å²) < 4.78 is 38.2. The first kappa shape index (κ1) is 17.9. The molecule has 1 fully saturated rings. The van der Waals surface area contributed by atoms with Crippen molar-refractivity contribution in [2.24, 2.45) is 5.92 Å². The van der Waals surface area contributed by atoms with Crippen LogP contribution in [0.2, 0.25) is 0 Å². The summed E-state index contributed by atoms with van der Waals surface area (Å²) in [7, 11) is 0. The van der Waals surface area contributed by atoms with Crippen molar-refractivity contribution in [1.29, 1.82) is 0 Å². The molecule has 0 saturated heterocycles. The number of rotatable bonds is 4. The van der Waals surface area contributed by atoms with E-state index in [1.165, 1.54) is 0 Å². The smallest absolute Gasteiger partial charge is 0.352 e. The van der Waals surface area contributed by atoms with Gasteiger partial charge in [-0.2, -0.15) is 13.2 Å². The van der Waals surface area contributed by atoms with E-state index in [4.69, 9.17) is 5.84 Å². The first-order valence-corrected chi connectivity index (χ1v) is 8.33. The minimum Gasteiger partial charge on any atom is -0.352 e. The van der Waals surface area contributed by atoms with E-state index in [1.54, 1.807) is 6.92 Å². The SMILES string of the molecule is C[C@@H]1CCCC[C@H]1NC(=O)[C@@H](C)Sc1nnc(C(F)(F)F)n1N. The van der Waals surface area contributed by atoms with Gasteiger partial charge in [0.25, 0.3) is 5.82 Å². The number of alkyl halides is 3. The summed E-state index contributed by atoms with van der Waals surface area (Å²) in [4.78, 5) is 12.2. The summed E-state index contributed by atoms with van der Waals surface area (Å²) in [5.41, 5.74) is 0. The van der Waals surface area contributed by atoms with E-state index in [2.05, 4.69) is 22.4 Å². The molecule has 1 aromatic heterocycles. The molecule has 23 heavy (non-hydrogen) atoms. The number of hydrogen-bond donors (Lipinski definition) is 2. The highest BCUT2D eigenvalue weighted by Gasteiger charge is 2.38. The summed E-state index contributed by atoms with van der Waals surface area (Å²) in [6.45, 7) is 3.70. The molecule has 3 atom stereocenters. The van der Waals surface area contributed by atoms with Crippen LogP contribution in [0, 0.1) is 5.92 Å². The lowest BCUT2D eigenvalue weighted by Crippen LogP contribution is -2.44. The molecule has 3 N–H and O–H groups in total. The number of amides is 1. The van der Waals surface area contributed by atoms with Gasteiger partial charge in [-0.05, 0) is 25.7 Å². The third-order valence-electron chi connectivity index (χ3n) is 4.01. The second kappa shape index (κ2) is 6.98. The zero-order valence-electron chi connectivity index (χ0n) is 12.9. The van der Waals surface area contributed by atoms with E-state index in [1.807, 2.05) is 0 Å². The Morgan fingerprint density at radius 1 is 1.39 bits per heavy atom. The van der Waals surface area contributed by atoms with Gasteiger partial charge in [0.15, 0.2) is 0 Å². The zero-order chi connectivity index (χ0) is 17.2. The van der Waals surface area contributed by atoms with Crippen LogP contribution in [0.25, 0.3) is 0 Å². The second-order valence-electron chi connectivity index (χ2n) is 5.81. The maximum atomic E-state index is 12.6. The van der Waals surface area contributed by atoms with Crippen molar-refractivity contribution < 1.29 is 18.0 Å². The Labute approximate surface area is 136 Å². The fraction of sp³-hybridized carbons (Fsp3) is 0.769. The molecule has 1 aliphatic carbocycles. The van der Waals surface area contributed by atoms with E-state index >= 15 is 0 Å². The van der Waals surface area contributed by atoms with Gasteiger partial charge < -0.3 is 11.2 Å². The minimum atomic E-state index is -4.68. The molecule has 0 aliphatic heterocycles. The molecule has 1 aliphatic rings. The molecule has 130 valence electrons. The summed E-state index contributed by atoms with van der Waals surface area (Å²) in [5, 5.41) is 8.66. The Morgan fingerprint density at radius 2 is 2.04 bits per heavy atom. The maximum absolute atomic E-state index is 12.6. The molecule has 0 aromatic carbocycles. The van der Waals surface area contributed by atoms with Crippen molar-refractivity contribution in [2.45, 2.75) is 62.2 Å². The average Bonchev–Trinajstić information content (AvgIpc) is 2.82. The number of halogens is 3. The molecule has 2 rings (SSSR count). The van der Waals surface area contributed by atoms with Gasteiger partial charge in [-0.25, -0.2) is 4.68 Å². The Kier molecular flexibility index (Phi) is 5.43. The van der Waals surface area contributed by atoms with Crippen LogP contribution in [0.1, 0.15) is 45.4 Å². The van der Waals surface area contributed by atoms with Crippen LogP contribution in [0.5, 0.6) is 0 Å². The molecular formula is C13H20F3N5OS. The average molecular weight is 351 g/mol. The topological polar surface area (TPSA) is 85.8 Å². The van der Waals surface area contributed by atoms with Gasteiger partial charge >= 0.3 is 6.18 Å². The van der Waals surface area contributed by atoms with E-state index in [0.29, 0.717) is 10.6 Å². The summed E-state index contributed by atoms with van der Waals surface area (Å²) >= 11 is 0.857. The second-order valence-corrected chi connectivity index (χ2v) is 7.12. The van der Waals surface area contributed by atoms with Crippen LogP contribution in [-0.4, -0.2) is 32.1 Å². The number of nitrogens with zero attached hydrogens (tertiary/aromatic N) is 3. The fourth-order valence-corrected chi connectivity index (χ4v) is 3.37. The van der Waals surface area contributed by atoms with E-state index in [0.717, 1.165) is 37.4 Å². The standard InChI is InChI=1S/C13H20F3N5OS/c1-7-5-3-4-6-9(7)18-10(22)8(2)23-12-20-19-11(21(12)17)13(14,15)16/h7-9H,3-6,17H2,1-2H3,(H,18,22)/t7-,8-,9-/m1/s1. The fourth-order valence-electron chi connectivity index (χ4n) is 2.59. The van der Waals surface area contributed by atoms with Crippen LogP contribution in [0.15, 0.2) is 5.16 Å². The monoisotopic (exact) mass is 351 g/mol. The molecule has 0 radical (unpaired) electrons. The number of nitrogen functional groups attached to an aromatic ring is 1. The van der Waals surface area contributed by atoms with Gasteiger partial charge in [0.2, 0.25) is 11.1 Å². The van der Waals surface area contributed by atoms with E-state index in [9.17, 15) is 18.0 Å². The van der Waals surface area contributed by atoms with Gasteiger partial charge in [0.1, 0.15) is 0 Å². The van der Waals surface area contributed by atoms with Crippen LogP contribution < -0.4 is 11.2 Å². The highest BCUT2D eigenvalue weighted by Crippen LogP contribution is 2.30. The molecule has 1 saturated carbocycles. The molecule has 1 amide bonds. The summed E-state index contributed by atoms with van der Waals surface area (Å²) in [5.74, 6) is 4.25. The molecule has 0 bridgehead atoms. The highest BCUT2D eigenvalue weighted by atomic mass is 32.2. The highest BCUT2D eigenvalue weighted by molar-refractivity contribution is 8.00. The van der Waals surface area contributed by atoms with E-state index < -0.39 is 17.3 Å². The lowest BCUT2D eigenvalue weighted by Gasteiger charge is -2.30. The van der Waals surface area contributed by atoms with Crippen LogP contribution >= 0.6 is 11.8 Å². The molecule has 1 heterocycles. The lowest BCUT2D eigenvalue weighted by atomic mass is 9.86. The largest absolute Gasteiger partial charge is 0.453 e. The predicted molar refractivity (Wildman–Crippen MR) is 80.1 cm³/mol. The predicted octanol–water partition coefficient (Wildman–Crippen LogP) is 2.19. The lowest BCUT2D eigenvalue weighted by molar-refractivity contribution is -0.146. The third-order valence-corrected chi connectivity index (χ3v) is 5.07. The Bertz CT molecular complexity index is 562. The number of nitrogens with one attached hydrogen (secondary N) is 1. The number of carbonyl (C=O) groups is 1. The summed E-state index contributed by atoms with van der Waals surface area (Å²) in [6, 6.07) is 0.112. The molecule has 0 spiro atoms. The third kappa shape index (κ3) is 4.30. The normalized spacial score (nSPS) is 23.5. The number of nitrogens with two attached hydrogens (primary N) is 1. The molecule has 0 unspecified atom stereocenters. The number of carbonyl (C=O) groups excluding carboxylic acids is 1. The van der Waals surface area contributed by atoms with Crippen LogP contribution in [-0.2, 0) is 11.0 Å². The van der Waals surface area contributed by atoms with Crippen molar-refractivity contribution in [1.82, 2.24) is 20.2 Å². The molecule has 1 aromatic rings. The van der Waals surface area contributed by atoms with Crippen molar-refractivity contribution in [3.63, 3.8) is 0 Å². The molecular weight excluding hydrogens is 331 g/mol. The minimum absolute atomic E-state index is 0.112. The van der Waals surface area contributed by atoms with Crippen molar-refractivity contribution in [3.8, 4) is 0 Å². The first-order valence-electron chi connectivity index (χ1n) is 7.45. The van der Waals surface area contributed by atoms with Crippen molar-refractivity contribution >= 4 is 17.7 Å². The molecule has 6 nitrogen and oxygen atoms in total. The summed E-state index contributed by atoms with van der Waals surface area (Å²) in [6.07, 6.45) is -0.449. The van der Waals surface area contributed by atoms with Crippen molar-refractivity contribution in [3.05, 3.63) is 5.82 Å². The van der Waals surface area contributed by atoms with Gasteiger partial charge in [-0.15, -0.1) is 10.2 Å². The number of hydrogen-bond acceptors (Lipinski definition) is 5. The molecule has 10 heteroatoms. The van der Waals surface area contributed by atoms with Gasteiger partial charge in [0, 0.05) is 6.04 Å². The van der Waals surface area contributed by atoms with Gasteiger partial charge in [0.05, 0.1) is 5.25 Å². The quantitative estimate of drug-likeness (QED) is 0.641. The Hall–Kier alpha value is -1.45. The van der Waals surface area contributed by atoms with Crippen LogP contribution in [0.3, 0.4) is 0 Å². The van der Waals surface area contributed by atoms with Gasteiger partial charge in [-0.3, -0.25) is 4.79 Å². The van der Waals surface area contributed by atoms with Gasteiger partial charge in [-0.1, -0.05) is 31.5 Å². The first-order chi connectivity index (χ1) is 10.7. The zero-order valence-corrected chi connectivity index (χ0v) is 13.7. The Balaban J connectivity index is 1.97. The van der Waals surface area contributed by atoms with E-state index in [-0.39, 0.29) is 17.1 Å². The maximum Gasteiger partial charge on any atom is 0.453 e. The number of thioether (sulfide) groups is 1. The van der Waals surface area contributed by atoms with Crippen molar-refractivity contribution in [2.75, 3.05) is 5.84 Å².